The fraction of sp³-hybridized carbons (Fsp3) is 0.389. The maximum atomic E-state index is 4.17. The van der Waals surface area contributed by atoms with Gasteiger partial charge in [0.15, 0.2) is 0 Å². The van der Waals surface area contributed by atoms with Gasteiger partial charge in [-0.1, -0.05) is 36.7 Å². The van der Waals surface area contributed by atoms with E-state index in [9.17, 15) is 0 Å². The van der Waals surface area contributed by atoms with Gasteiger partial charge in [0.05, 0.1) is 5.82 Å². The fourth-order valence-electron chi connectivity index (χ4n) is 3.17. The quantitative estimate of drug-likeness (QED) is 0.816. The molecule has 1 aliphatic carbocycles. The highest BCUT2D eigenvalue weighted by Crippen LogP contribution is 2.31. The summed E-state index contributed by atoms with van der Waals surface area (Å²) < 4.78 is 0. The Kier molecular flexibility index (Phi) is 4.20. The van der Waals surface area contributed by atoms with Crippen LogP contribution < -0.4 is 10.6 Å². The summed E-state index contributed by atoms with van der Waals surface area (Å²) in [7, 11) is 0.351. The van der Waals surface area contributed by atoms with Crippen LogP contribution in [0.25, 0.3) is 5.57 Å². The molecule has 3 heteroatoms. The molecule has 0 radical (unpaired) electrons. The first-order valence-electron chi connectivity index (χ1n) is 7.57. The van der Waals surface area contributed by atoms with Crippen LogP contribution in [0.2, 0.25) is 0 Å². The topological polar surface area (TPSA) is 24.1 Å². The summed E-state index contributed by atoms with van der Waals surface area (Å²) in [6, 6.07) is 9.25. The van der Waals surface area contributed by atoms with E-state index >= 15 is 0 Å². The van der Waals surface area contributed by atoms with Gasteiger partial charge in [0, 0.05) is 18.3 Å². The number of fused-ring (bicyclic) bond motifs is 1. The lowest BCUT2D eigenvalue weighted by Crippen LogP contribution is -2.35. The van der Waals surface area contributed by atoms with Gasteiger partial charge in [-0.15, -0.1) is 0 Å². The van der Waals surface area contributed by atoms with Crippen molar-refractivity contribution in [1.82, 2.24) is 10.6 Å². The number of nitrogens with one attached hydrogen (secondary N) is 2. The van der Waals surface area contributed by atoms with Crippen LogP contribution in [0.5, 0.6) is 0 Å². The van der Waals surface area contributed by atoms with Crippen LogP contribution >= 0.6 is 10.5 Å². The molecule has 2 N–H and O–H groups in total. The predicted octanol–water partition coefficient (Wildman–Crippen LogP) is 3.14. The summed E-state index contributed by atoms with van der Waals surface area (Å²) in [6.07, 6.45) is 2.29. The van der Waals surface area contributed by atoms with E-state index in [-0.39, 0.29) is 0 Å². The zero-order valence-corrected chi connectivity index (χ0v) is 13.6. The molecule has 1 fully saturated rings. The Bertz CT molecular complexity index is 615. The zero-order valence-electron chi connectivity index (χ0n) is 12.7. The number of benzene rings is 1. The number of hydrogen-bond donors (Lipinski definition) is 2. The van der Waals surface area contributed by atoms with Gasteiger partial charge in [-0.2, -0.15) is 10.5 Å². The van der Waals surface area contributed by atoms with E-state index in [0.717, 1.165) is 18.8 Å². The zero-order chi connectivity index (χ0) is 14.8. The van der Waals surface area contributed by atoms with Crippen molar-refractivity contribution in [3.63, 3.8) is 0 Å². The molecule has 2 aliphatic rings. The molecule has 1 saturated heterocycles. The summed E-state index contributed by atoms with van der Waals surface area (Å²) in [5.74, 6) is 7.56. The normalized spacial score (nSPS) is 24.0. The van der Waals surface area contributed by atoms with Crippen molar-refractivity contribution < 1.29 is 0 Å². The van der Waals surface area contributed by atoms with Gasteiger partial charge >= 0.3 is 0 Å². The molecule has 0 bridgehead atoms. The first-order valence-corrected chi connectivity index (χ1v) is 9.30. The van der Waals surface area contributed by atoms with E-state index in [1.165, 1.54) is 40.2 Å². The van der Waals surface area contributed by atoms with E-state index in [4.69, 9.17) is 0 Å². The fourth-order valence-corrected chi connectivity index (χ4v) is 4.78. The lowest BCUT2D eigenvalue weighted by Gasteiger charge is -2.17. The second-order valence-electron chi connectivity index (χ2n) is 6.01. The van der Waals surface area contributed by atoms with E-state index in [1.807, 2.05) is 0 Å². The molecule has 3 rings (SSSR count). The molecule has 2 atom stereocenters. The third-order valence-corrected chi connectivity index (χ3v) is 6.13. The van der Waals surface area contributed by atoms with E-state index in [0.29, 0.717) is 16.5 Å². The molecular weight excluding hydrogens is 276 g/mol. The molecule has 2 nitrogen and oxygen atoms in total. The highest BCUT2D eigenvalue weighted by molar-refractivity contribution is 8.14. The third kappa shape index (κ3) is 3.24. The highest BCUT2D eigenvalue weighted by atomic mass is 32.2. The molecule has 0 spiro atoms. The molecule has 1 aliphatic heterocycles. The summed E-state index contributed by atoms with van der Waals surface area (Å²) in [4.78, 5) is 0. The van der Waals surface area contributed by atoms with Crippen LogP contribution in [0.3, 0.4) is 0 Å². The van der Waals surface area contributed by atoms with Crippen LogP contribution in [0.4, 0.5) is 0 Å². The van der Waals surface area contributed by atoms with Gasteiger partial charge in [0.25, 0.3) is 0 Å². The SMILES string of the molecule is C=C(NCC1=C(C)c2ccccc2C1)NC1CCS(=C)C1. The van der Waals surface area contributed by atoms with Crippen molar-refractivity contribution in [2.24, 2.45) is 0 Å². The average Bonchev–Trinajstić information content (AvgIpc) is 3.01. The summed E-state index contributed by atoms with van der Waals surface area (Å²) in [5.41, 5.74) is 5.75. The molecule has 112 valence electrons. The number of allylic oxidation sites excluding steroid dienone is 1. The van der Waals surface area contributed by atoms with Crippen molar-refractivity contribution in [1.29, 1.82) is 0 Å². The van der Waals surface area contributed by atoms with Gasteiger partial charge in [-0.3, -0.25) is 0 Å². The Morgan fingerprint density at radius 3 is 2.90 bits per heavy atom. The number of rotatable bonds is 5. The van der Waals surface area contributed by atoms with Gasteiger partial charge in [-0.05, 0) is 47.8 Å². The molecule has 21 heavy (non-hydrogen) atoms. The molecule has 0 amide bonds. The average molecular weight is 300 g/mol. The minimum absolute atomic E-state index is 0.351. The number of hydrogen-bond acceptors (Lipinski definition) is 2. The maximum absolute atomic E-state index is 4.17. The Hall–Kier alpha value is -1.48. The van der Waals surface area contributed by atoms with E-state index in [1.54, 1.807) is 0 Å². The smallest absolute Gasteiger partial charge is 0.0917 e. The van der Waals surface area contributed by atoms with Crippen molar-refractivity contribution in [2.75, 3.05) is 18.1 Å². The lowest BCUT2D eigenvalue weighted by molar-refractivity contribution is 0.590. The molecule has 2 unspecified atom stereocenters. The molecule has 0 saturated carbocycles. The highest BCUT2D eigenvalue weighted by Gasteiger charge is 2.19. The van der Waals surface area contributed by atoms with Crippen molar-refractivity contribution >= 4 is 21.9 Å². The summed E-state index contributed by atoms with van der Waals surface area (Å²) in [5, 5.41) is 6.96. The van der Waals surface area contributed by atoms with Crippen molar-refractivity contribution in [2.45, 2.75) is 25.8 Å². The molecular formula is C18H24N2S. The van der Waals surface area contributed by atoms with Gasteiger partial charge in [0.2, 0.25) is 0 Å². The Balaban J connectivity index is 1.53. The molecule has 1 heterocycles. The maximum Gasteiger partial charge on any atom is 0.0917 e. The second-order valence-corrected chi connectivity index (χ2v) is 7.97. The largest absolute Gasteiger partial charge is 0.369 e. The monoisotopic (exact) mass is 300 g/mol. The van der Waals surface area contributed by atoms with Crippen LogP contribution in [0.15, 0.2) is 42.2 Å². The lowest BCUT2D eigenvalue weighted by atomic mass is 10.1. The van der Waals surface area contributed by atoms with E-state index in [2.05, 4.69) is 54.3 Å². The molecule has 1 aromatic carbocycles. The Morgan fingerprint density at radius 2 is 2.19 bits per heavy atom. The van der Waals surface area contributed by atoms with Crippen LogP contribution in [0.1, 0.15) is 24.5 Å². The first-order chi connectivity index (χ1) is 10.1. The minimum Gasteiger partial charge on any atom is -0.369 e. The standard InChI is InChI=1S/C18H24N2S/c1-13-16(10-15-6-4-5-7-18(13)15)11-19-14(2)20-17-8-9-21(3)12-17/h4-7,17,19-20H,2-3,8-12H2,1H3. The van der Waals surface area contributed by atoms with Gasteiger partial charge < -0.3 is 10.6 Å². The molecule has 0 aromatic heterocycles. The first kappa shape index (κ1) is 14.5. The Morgan fingerprint density at radius 1 is 1.38 bits per heavy atom. The minimum atomic E-state index is 0.351. The van der Waals surface area contributed by atoms with Crippen LogP contribution in [-0.2, 0) is 6.42 Å². The Labute approximate surface area is 130 Å². The van der Waals surface area contributed by atoms with E-state index < -0.39 is 0 Å². The second kappa shape index (κ2) is 6.10. The van der Waals surface area contributed by atoms with Crippen LogP contribution in [0, 0.1) is 0 Å². The predicted molar refractivity (Wildman–Crippen MR) is 95.9 cm³/mol. The summed E-state index contributed by atoms with van der Waals surface area (Å²) >= 11 is 0. The third-order valence-electron chi connectivity index (χ3n) is 4.44. The van der Waals surface area contributed by atoms with Crippen molar-refractivity contribution in [3.05, 3.63) is 53.4 Å². The van der Waals surface area contributed by atoms with Crippen LogP contribution in [-0.4, -0.2) is 30.0 Å². The summed E-state index contributed by atoms with van der Waals surface area (Å²) in [6.45, 7) is 7.23. The van der Waals surface area contributed by atoms with Gasteiger partial charge in [-0.25, -0.2) is 0 Å². The van der Waals surface area contributed by atoms with Gasteiger partial charge in [0.1, 0.15) is 0 Å². The van der Waals surface area contributed by atoms with Crippen molar-refractivity contribution in [3.8, 4) is 0 Å². The molecule has 1 aromatic rings.